The van der Waals surface area contributed by atoms with E-state index in [-0.39, 0.29) is 23.8 Å². The van der Waals surface area contributed by atoms with E-state index in [0.717, 1.165) is 18.4 Å². The van der Waals surface area contributed by atoms with Crippen LogP contribution in [0.5, 0.6) is 0 Å². The first-order valence-corrected chi connectivity index (χ1v) is 9.94. The number of hydrogen-bond acceptors (Lipinski definition) is 6. The normalized spacial score (nSPS) is 22.5. The van der Waals surface area contributed by atoms with E-state index < -0.39 is 29.7 Å². The number of ether oxygens (including phenoxy) is 1. The Morgan fingerprint density at radius 3 is 2.48 bits per heavy atom. The first-order valence-electron chi connectivity index (χ1n) is 8.99. The minimum Gasteiger partial charge on any atom is -0.504 e. The van der Waals surface area contributed by atoms with Crippen molar-refractivity contribution < 1.29 is 24.5 Å². The van der Waals surface area contributed by atoms with Crippen LogP contribution in [0.2, 0.25) is 0 Å². The SMILES string of the molecule is O=C1OC(CC(O)c2ccsc2)C(=O)C(O)=C1C(c1ccccc1)C1CC1. The van der Waals surface area contributed by atoms with E-state index in [4.69, 9.17) is 4.74 Å². The van der Waals surface area contributed by atoms with Gasteiger partial charge in [0, 0.05) is 12.3 Å². The molecule has 1 saturated carbocycles. The van der Waals surface area contributed by atoms with Crippen LogP contribution >= 0.6 is 11.3 Å². The Labute approximate surface area is 160 Å². The number of aliphatic hydroxyl groups excluding tert-OH is 2. The van der Waals surface area contributed by atoms with E-state index in [2.05, 4.69) is 0 Å². The summed E-state index contributed by atoms with van der Waals surface area (Å²) in [6.45, 7) is 0. The molecule has 0 bridgehead atoms. The van der Waals surface area contributed by atoms with Gasteiger partial charge in [0.15, 0.2) is 11.9 Å². The molecule has 1 fully saturated rings. The second-order valence-electron chi connectivity index (χ2n) is 7.05. The molecule has 5 nitrogen and oxygen atoms in total. The Balaban J connectivity index is 1.61. The number of benzene rings is 1. The van der Waals surface area contributed by atoms with Crippen LogP contribution in [0, 0.1) is 5.92 Å². The van der Waals surface area contributed by atoms with Gasteiger partial charge in [-0.1, -0.05) is 30.3 Å². The van der Waals surface area contributed by atoms with Crippen LogP contribution in [0.1, 0.15) is 42.4 Å². The van der Waals surface area contributed by atoms with E-state index >= 15 is 0 Å². The number of aliphatic hydroxyl groups is 2. The fourth-order valence-corrected chi connectivity index (χ4v) is 4.33. The topological polar surface area (TPSA) is 83.8 Å². The van der Waals surface area contributed by atoms with Gasteiger partial charge < -0.3 is 14.9 Å². The highest BCUT2D eigenvalue weighted by Gasteiger charge is 2.45. The average Bonchev–Trinajstić information content (AvgIpc) is 3.35. The maximum Gasteiger partial charge on any atom is 0.339 e. The largest absolute Gasteiger partial charge is 0.504 e. The molecular formula is C21H20O5S. The molecule has 1 aliphatic carbocycles. The molecule has 1 aromatic heterocycles. The Morgan fingerprint density at radius 1 is 1.11 bits per heavy atom. The lowest BCUT2D eigenvalue weighted by Crippen LogP contribution is -2.38. The minimum absolute atomic E-state index is 0.0509. The van der Waals surface area contributed by atoms with Crippen LogP contribution in [0.15, 0.2) is 58.5 Å². The lowest BCUT2D eigenvalue weighted by atomic mass is 9.83. The number of cyclic esters (lactones) is 1. The van der Waals surface area contributed by atoms with Gasteiger partial charge in [0.1, 0.15) is 0 Å². The van der Waals surface area contributed by atoms with E-state index in [9.17, 15) is 19.8 Å². The second kappa shape index (κ2) is 7.29. The number of carbonyl (C=O) groups excluding carboxylic acids is 2. The number of carbonyl (C=O) groups is 2. The van der Waals surface area contributed by atoms with Crippen molar-refractivity contribution in [1.29, 1.82) is 0 Å². The predicted octanol–water partition coefficient (Wildman–Crippen LogP) is 3.67. The number of rotatable bonds is 6. The summed E-state index contributed by atoms with van der Waals surface area (Å²) in [5.41, 5.74) is 1.61. The minimum atomic E-state index is -1.17. The predicted molar refractivity (Wildman–Crippen MR) is 100 cm³/mol. The standard InChI is InChI=1S/C21H20O5S/c22-15(14-8-9-27-11-14)10-16-19(23)20(24)18(21(25)26-16)17(13-6-7-13)12-4-2-1-3-5-12/h1-5,8-9,11,13,15-17,22,24H,6-7,10H2. The van der Waals surface area contributed by atoms with Crippen LogP contribution in [-0.4, -0.2) is 28.1 Å². The van der Waals surface area contributed by atoms with Gasteiger partial charge in [-0.15, -0.1) is 0 Å². The van der Waals surface area contributed by atoms with Crippen LogP contribution in [0.3, 0.4) is 0 Å². The maximum absolute atomic E-state index is 12.7. The average molecular weight is 384 g/mol. The van der Waals surface area contributed by atoms with Gasteiger partial charge in [-0.2, -0.15) is 11.3 Å². The molecule has 4 rings (SSSR count). The van der Waals surface area contributed by atoms with Gasteiger partial charge in [0.05, 0.1) is 11.7 Å². The van der Waals surface area contributed by atoms with Gasteiger partial charge in [-0.25, -0.2) is 4.79 Å². The van der Waals surface area contributed by atoms with Crippen LogP contribution < -0.4 is 0 Å². The summed E-state index contributed by atoms with van der Waals surface area (Å²) in [5, 5.41) is 24.4. The molecule has 6 heteroatoms. The summed E-state index contributed by atoms with van der Waals surface area (Å²) < 4.78 is 5.37. The highest BCUT2D eigenvalue weighted by molar-refractivity contribution is 7.07. The summed E-state index contributed by atoms with van der Waals surface area (Å²) in [6.07, 6.45) is -0.290. The summed E-state index contributed by atoms with van der Waals surface area (Å²) in [7, 11) is 0. The van der Waals surface area contributed by atoms with Crippen molar-refractivity contribution in [3.8, 4) is 0 Å². The number of thiophene rings is 1. The third kappa shape index (κ3) is 3.55. The molecule has 27 heavy (non-hydrogen) atoms. The van der Waals surface area contributed by atoms with Gasteiger partial charge in [-0.3, -0.25) is 4.79 Å². The summed E-state index contributed by atoms with van der Waals surface area (Å²) >= 11 is 1.43. The second-order valence-corrected chi connectivity index (χ2v) is 7.83. The number of Topliss-reactive ketones (excluding diaryl/α,β-unsaturated/α-hetero) is 1. The Hall–Kier alpha value is -2.44. The smallest absolute Gasteiger partial charge is 0.339 e. The summed E-state index contributed by atoms with van der Waals surface area (Å²) in [6, 6.07) is 11.2. The Morgan fingerprint density at radius 2 is 1.85 bits per heavy atom. The molecule has 2 heterocycles. The number of ketones is 1. The molecule has 3 atom stereocenters. The quantitative estimate of drug-likeness (QED) is 0.743. The number of hydrogen-bond donors (Lipinski definition) is 2. The first-order chi connectivity index (χ1) is 13.1. The van der Waals surface area contributed by atoms with Crippen molar-refractivity contribution in [2.24, 2.45) is 5.92 Å². The van der Waals surface area contributed by atoms with Crippen LogP contribution in [-0.2, 0) is 14.3 Å². The lowest BCUT2D eigenvalue weighted by molar-refractivity contribution is -0.156. The lowest BCUT2D eigenvalue weighted by Gasteiger charge is -2.28. The van der Waals surface area contributed by atoms with Crippen molar-refractivity contribution in [2.45, 2.75) is 37.4 Å². The van der Waals surface area contributed by atoms with E-state index in [1.807, 2.05) is 35.7 Å². The van der Waals surface area contributed by atoms with Gasteiger partial charge in [0.2, 0.25) is 5.78 Å². The van der Waals surface area contributed by atoms with Crippen molar-refractivity contribution in [3.05, 3.63) is 69.6 Å². The molecule has 0 spiro atoms. The van der Waals surface area contributed by atoms with Crippen LogP contribution in [0.4, 0.5) is 0 Å². The molecule has 1 aromatic carbocycles. The Kier molecular flexibility index (Phi) is 4.85. The third-order valence-electron chi connectivity index (χ3n) is 5.18. The zero-order valence-electron chi connectivity index (χ0n) is 14.6. The molecule has 0 radical (unpaired) electrons. The summed E-state index contributed by atoms with van der Waals surface area (Å²) in [4.78, 5) is 25.4. The van der Waals surface area contributed by atoms with Gasteiger partial charge in [-0.05, 0) is 46.7 Å². The highest BCUT2D eigenvalue weighted by atomic mass is 32.1. The maximum atomic E-state index is 12.7. The fourth-order valence-electron chi connectivity index (χ4n) is 3.63. The van der Waals surface area contributed by atoms with Gasteiger partial charge in [0.25, 0.3) is 0 Å². The van der Waals surface area contributed by atoms with E-state index in [1.54, 1.807) is 11.4 Å². The molecule has 0 saturated heterocycles. The third-order valence-corrected chi connectivity index (χ3v) is 5.88. The molecular weight excluding hydrogens is 364 g/mol. The van der Waals surface area contributed by atoms with E-state index in [1.165, 1.54) is 11.3 Å². The molecule has 140 valence electrons. The number of esters is 1. The zero-order valence-corrected chi connectivity index (χ0v) is 15.4. The fraction of sp³-hybridized carbons (Fsp3) is 0.333. The molecule has 2 aromatic rings. The zero-order chi connectivity index (χ0) is 19.0. The van der Waals surface area contributed by atoms with Crippen molar-refractivity contribution in [3.63, 3.8) is 0 Å². The molecule has 0 amide bonds. The van der Waals surface area contributed by atoms with E-state index in [0.29, 0.717) is 5.56 Å². The summed E-state index contributed by atoms with van der Waals surface area (Å²) in [5.74, 6) is -1.95. The van der Waals surface area contributed by atoms with Gasteiger partial charge >= 0.3 is 5.97 Å². The first kappa shape index (κ1) is 17.9. The molecule has 1 aliphatic heterocycles. The Bertz CT molecular complexity index is 867. The molecule has 2 N–H and O–H groups in total. The molecule has 2 aliphatic rings. The van der Waals surface area contributed by atoms with Crippen molar-refractivity contribution >= 4 is 23.1 Å². The molecule has 3 unspecified atom stereocenters. The monoisotopic (exact) mass is 384 g/mol. The van der Waals surface area contributed by atoms with Crippen LogP contribution in [0.25, 0.3) is 0 Å². The van der Waals surface area contributed by atoms with Crippen molar-refractivity contribution in [2.75, 3.05) is 0 Å². The highest BCUT2D eigenvalue weighted by Crippen LogP contribution is 2.48. The van der Waals surface area contributed by atoms with Crippen molar-refractivity contribution in [1.82, 2.24) is 0 Å².